The molecule has 2 aliphatic rings. The lowest BCUT2D eigenvalue weighted by atomic mass is 10.1. The molecule has 0 aliphatic carbocycles. The lowest BCUT2D eigenvalue weighted by molar-refractivity contribution is -0.138. The van der Waals surface area contributed by atoms with E-state index in [1.807, 2.05) is 13.0 Å². The molecule has 0 bridgehead atoms. The Bertz CT molecular complexity index is 1330. The summed E-state index contributed by atoms with van der Waals surface area (Å²) in [6.07, 6.45) is 4.86. The van der Waals surface area contributed by atoms with Gasteiger partial charge >= 0.3 is 0 Å². The Hall–Kier alpha value is -4.14. The van der Waals surface area contributed by atoms with Crippen LogP contribution in [0.2, 0.25) is 0 Å². The Labute approximate surface area is 208 Å². The van der Waals surface area contributed by atoms with Gasteiger partial charge in [0.1, 0.15) is 17.8 Å². The summed E-state index contributed by atoms with van der Waals surface area (Å²) < 4.78 is 0. The molecule has 1 aromatic carbocycles. The second-order valence-corrected chi connectivity index (χ2v) is 9.17. The van der Waals surface area contributed by atoms with Gasteiger partial charge in [0.25, 0.3) is 11.8 Å². The number of hydrogen-bond donors (Lipinski definition) is 1. The first-order chi connectivity index (χ1) is 17.5. The van der Waals surface area contributed by atoms with Gasteiger partial charge in [-0.1, -0.05) is 25.5 Å². The third kappa shape index (κ3) is 4.32. The maximum atomic E-state index is 13.6. The number of rotatable bonds is 6. The molecule has 1 N–H and O–H groups in total. The number of hydrogen-bond acceptors (Lipinski definition) is 6. The molecule has 4 heterocycles. The van der Waals surface area contributed by atoms with Crippen LogP contribution in [0.4, 0.5) is 0 Å². The van der Waals surface area contributed by atoms with Gasteiger partial charge in [0, 0.05) is 29.9 Å². The van der Waals surface area contributed by atoms with Crippen LogP contribution in [0.1, 0.15) is 47.0 Å². The van der Waals surface area contributed by atoms with E-state index in [1.165, 1.54) is 11.1 Å². The number of likely N-dealkylation sites (tertiary alicyclic amines) is 2. The number of nitrogens with one attached hydrogen (secondary N) is 1. The van der Waals surface area contributed by atoms with E-state index in [0.29, 0.717) is 31.4 Å². The number of carbonyl (C=O) groups is 4. The summed E-state index contributed by atoms with van der Waals surface area (Å²) in [5.41, 5.74) is 1.49. The number of benzene rings is 1. The highest BCUT2D eigenvalue weighted by atomic mass is 16.2. The van der Waals surface area contributed by atoms with Crippen LogP contribution < -0.4 is 5.32 Å². The molecule has 0 radical (unpaired) electrons. The van der Waals surface area contributed by atoms with Gasteiger partial charge in [0.05, 0.1) is 18.1 Å². The second-order valence-electron chi connectivity index (χ2n) is 9.17. The fraction of sp³-hybridized carbons (Fsp3) is 0.333. The number of pyridine rings is 2. The molecule has 2 saturated heterocycles. The first-order valence-corrected chi connectivity index (χ1v) is 12.2. The van der Waals surface area contributed by atoms with E-state index < -0.39 is 12.1 Å². The molecule has 184 valence electrons. The Morgan fingerprint density at radius 2 is 1.89 bits per heavy atom. The number of ketones is 1. The van der Waals surface area contributed by atoms with Crippen LogP contribution in [-0.4, -0.2) is 74.5 Å². The molecule has 5 rings (SSSR count). The molecule has 3 aromatic rings. The lowest BCUT2D eigenvalue weighted by Crippen LogP contribution is -2.52. The van der Waals surface area contributed by atoms with Crippen molar-refractivity contribution in [3.63, 3.8) is 0 Å². The molecular weight excluding hydrogens is 458 g/mol. The standard InChI is InChI=1S/C27H27N5O4/c1-2-6-21(30-25(34)18-9-10-19-17(15-18)7-5-13-28-19)27(36)31-14-11-22-24(31)23(33)16-32(22)26(35)20-8-3-4-12-29-20/h3-5,7-10,12-13,15,21-22,24H,2,6,11,14,16H2,1H3,(H,30,34). The summed E-state index contributed by atoms with van der Waals surface area (Å²) in [5, 5.41) is 3.71. The Kier molecular flexibility index (Phi) is 6.45. The van der Waals surface area contributed by atoms with Gasteiger partial charge in [-0.25, -0.2) is 0 Å². The Balaban J connectivity index is 1.32. The largest absolute Gasteiger partial charge is 0.340 e. The third-order valence-electron chi connectivity index (χ3n) is 6.90. The van der Waals surface area contributed by atoms with Gasteiger partial charge in [-0.2, -0.15) is 0 Å². The summed E-state index contributed by atoms with van der Waals surface area (Å²) in [7, 11) is 0. The van der Waals surface area contributed by atoms with Crippen molar-refractivity contribution in [1.82, 2.24) is 25.1 Å². The first-order valence-electron chi connectivity index (χ1n) is 12.2. The first kappa shape index (κ1) is 23.6. The summed E-state index contributed by atoms with van der Waals surface area (Å²) >= 11 is 0. The highest BCUT2D eigenvalue weighted by Crippen LogP contribution is 2.31. The summed E-state index contributed by atoms with van der Waals surface area (Å²) in [5.74, 6) is -1.12. The molecule has 3 amide bonds. The Morgan fingerprint density at radius 1 is 1.06 bits per heavy atom. The van der Waals surface area contributed by atoms with Gasteiger partial charge in [-0.15, -0.1) is 0 Å². The molecule has 2 aliphatic heterocycles. The molecule has 36 heavy (non-hydrogen) atoms. The number of Topliss-reactive ketones (excluding diaryl/α,β-unsaturated/α-hetero) is 1. The minimum Gasteiger partial charge on any atom is -0.340 e. The summed E-state index contributed by atoms with van der Waals surface area (Å²) in [6.45, 7) is 2.24. The number of carbonyl (C=O) groups excluding carboxylic acids is 4. The van der Waals surface area contributed by atoms with Crippen LogP contribution in [0.25, 0.3) is 10.9 Å². The van der Waals surface area contributed by atoms with Crippen molar-refractivity contribution in [3.8, 4) is 0 Å². The molecule has 0 saturated carbocycles. The molecule has 0 spiro atoms. The van der Waals surface area contributed by atoms with Crippen LogP contribution >= 0.6 is 0 Å². The van der Waals surface area contributed by atoms with E-state index >= 15 is 0 Å². The van der Waals surface area contributed by atoms with Crippen LogP contribution in [0.15, 0.2) is 60.9 Å². The number of aromatic nitrogens is 2. The SMILES string of the molecule is CCCC(NC(=O)c1ccc2ncccc2c1)C(=O)N1CCC2C1C(=O)CN2C(=O)c1ccccn1. The molecule has 2 fully saturated rings. The zero-order valence-corrected chi connectivity index (χ0v) is 20.0. The van der Waals surface area contributed by atoms with Crippen molar-refractivity contribution >= 4 is 34.4 Å². The van der Waals surface area contributed by atoms with Crippen LogP contribution in [0.5, 0.6) is 0 Å². The second kappa shape index (κ2) is 9.85. The van der Waals surface area contributed by atoms with Crippen LogP contribution in [-0.2, 0) is 9.59 Å². The van der Waals surface area contributed by atoms with E-state index in [0.717, 1.165) is 10.9 Å². The van der Waals surface area contributed by atoms with Crippen molar-refractivity contribution in [2.24, 2.45) is 0 Å². The van der Waals surface area contributed by atoms with Gasteiger partial charge < -0.3 is 15.1 Å². The van der Waals surface area contributed by atoms with Gasteiger partial charge in [-0.3, -0.25) is 29.1 Å². The van der Waals surface area contributed by atoms with E-state index in [1.54, 1.807) is 53.6 Å². The quantitative estimate of drug-likeness (QED) is 0.573. The normalized spacial score (nSPS) is 19.9. The molecule has 2 aromatic heterocycles. The highest BCUT2D eigenvalue weighted by molar-refractivity contribution is 6.03. The smallest absolute Gasteiger partial charge is 0.273 e. The minimum absolute atomic E-state index is 0.0511. The molecular formula is C27H27N5O4. The van der Waals surface area contributed by atoms with Crippen LogP contribution in [0.3, 0.4) is 0 Å². The maximum absolute atomic E-state index is 13.6. The fourth-order valence-electron chi connectivity index (χ4n) is 5.18. The maximum Gasteiger partial charge on any atom is 0.273 e. The number of nitrogens with zero attached hydrogens (tertiary/aromatic N) is 4. The van der Waals surface area contributed by atoms with Gasteiger partial charge in [0.15, 0.2) is 5.78 Å². The summed E-state index contributed by atoms with van der Waals surface area (Å²) in [4.78, 5) is 64.0. The number of amides is 3. The summed E-state index contributed by atoms with van der Waals surface area (Å²) in [6, 6.07) is 12.1. The lowest BCUT2D eigenvalue weighted by Gasteiger charge is -2.28. The average Bonchev–Trinajstić information content (AvgIpc) is 3.49. The van der Waals surface area contributed by atoms with Crippen molar-refractivity contribution in [1.29, 1.82) is 0 Å². The van der Waals surface area contributed by atoms with Crippen molar-refractivity contribution in [2.75, 3.05) is 13.1 Å². The average molecular weight is 486 g/mol. The van der Waals surface area contributed by atoms with Crippen molar-refractivity contribution in [2.45, 2.75) is 44.3 Å². The van der Waals surface area contributed by atoms with E-state index in [4.69, 9.17) is 0 Å². The zero-order valence-electron chi connectivity index (χ0n) is 20.0. The Morgan fingerprint density at radius 3 is 2.67 bits per heavy atom. The molecule has 3 unspecified atom stereocenters. The van der Waals surface area contributed by atoms with E-state index in [2.05, 4.69) is 15.3 Å². The molecule has 3 atom stereocenters. The third-order valence-corrected chi connectivity index (χ3v) is 6.90. The number of fused-ring (bicyclic) bond motifs is 2. The predicted molar refractivity (Wildman–Crippen MR) is 132 cm³/mol. The van der Waals surface area contributed by atoms with Crippen molar-refractivity contribution < 1.29 is 19.2 Å². The molecule has 9 heteroatoms. The highest BCUT2D eigenvalue weighted by Gasteiger charge is 2.52. The predicted octanol–water partition coefficient (Wildman–Crippen LogP) is 2.22. The minimum atomic E-state index is -0.765. The van der Waals surface area contributed by atoms with Gasteiger partial charge in [-0.05, 0) is 49.2 Å². The van der Waals surface area contributed by atoms with Crippen molar-refractivity contribution in [3.05, 3.63) is 72.2 Å². The zero-order chi connectivity index (χ0) is 25.2. The fourth-order valence-corrected chi connectivity index (χ4v) is 5.18. The topological polar surface area (TPSA) is 113 Å². The monoisotopic (exact) mass is 485 g/mol. The molecule has 9 nitrogen and oxygen atoms in total. The van der Waals surface area contributed by atoms with E-state index in [9.17, 15) is 19.2 Å². The van der Waals surface area contributed by atoms with Gasteiger partial charge in [0.2, 0.25) is 5.91 Å². The van der Waals surface area contributed by atoms with E-state index in [-0.39, 0.29) is 41.8 Å². The van der Waals surface area contributed by atoms with Crippen LogP contribution in [0, 0.1) is 0 Å².